The van der Waals surface area contributed by atoms with E-state index in [1.807, 2.05) is 121 Å². The third kappa shape index (κ3) is 9.81. The largest absolute Gasteiger partial charge is 0.457 e. The Hall–Kier alpha value is -12.6. The molecule has 0 radical (unpaired) electrons. The SMILES string of the molecule is C=Cc1ccc(Oc2ccc(C3(c4ccc(F)cc4)c4ccccc4-c4ccc(N(c5ccccc5)c5ccc6oc7ccc(N(c8ccccc8)c8ccc9c(c8)C(c8ccc(F)cc8)(c8ccc(Oc%10ccc(C=C)cc%10)cc8)c8ccccc8-9)cc7c6c5)cc43)cc2)cc1. The van der Waals surface area contributed by atoms with Crippen molar-refractivity contribution in [3.05, 3.63) is 408 Å². The predicted molar refractivity (Wildman–Crippen MR) is 391 cm³/mol. The lowest BCUT2D eigenvalue weighted by Crippen LogP contribution is -2.28. The Morgan fingerprint density at radius 3 is 0.969 bits per heavy atom. The monoisotopic (exact) mass is 1250 g/mol. The zero-order valence-electron chi connectivity index (χ0n) is 52.6. The van der Waals surface area contributed by atoms with Gasteiger partial charge in [-0.3, -0.25) is 0 Å². The lowest BCUT2D eigenvalue weighted by Gasteiger charge is -2.35. The van der Waals surface area contributed by atoms with Gasteiger partial charge in [-0.05, 0) is 236 Å². The molecule has 2 aliphatic rings. The van der Waals surface area contributed by atoms with Gasteiger partial charge >= 0.3 is 0 Å². The molecule has 15 aromatic rings. The maximum atomic E-state index is 15.2. The zero-order valence-corrected chi connectivity index (χ0v) is 52.6. The van der Waals surface area contributed by atoms with Crippen molar-refractivity contribution in [2.75, 3.05) is 9.80 Å². The number of furan rings is 1. The summed E-state index contributed by atoms with van der Waals surface area (Å²) in [7, 11) is 0. The summed E-state index contributed by atoms with van der Waals surface area (Å²) in [6, 6.07) is 111. The average Bonchev–Trinajstić information content (AvgIpc) is 1.56. The van der Waals surface area contributed by atoms with E-state index in [0.29, 0.717) is 11.5 Å². The van der Waals surface area contributed by atoms with Crippen LogP contribution in [0.2, 0.25) is 0 Å². The van der Waals surface area contributed by atoms with Crippen LogP contribution in [0.15, 0.2) is 345 Å². The first kappa shape index (κ1) is 58.3. The van der Waals surface area contributed by atoms with Crippen LogP contribution in [0.4, 0.5) is 42.9 Å². The van der Waals surface area contributed by atoms with E-state index in [1.165, 1.54) is 0 Å². The molecular weight excluding hydrogens is 1190 g/mol. The Morgan fingerprint density at radius 2 is 0.598 bits per heavy atom. The number of hydrogen-bond acceptors (Lipinski definition) is 5. The number of hydrogen-bond donors (Lipinski definition) is 0. The molecule has 0 N–H and O–H groups in total. The summed E-state index contributed by atoms with van der Waals surface area (Å²) < 4.78 is 50.0. The molecule has 0 aliphatic heterocycles. The Kier molecular flexibility index (Phi) is 14.3. The standard InChI is InChI=1S/C90H60F2N2O3/c1-3-59-23-43-73(44-24-59)95-75-47-31-63(32-48-75)89(61-27-35-65(91)36-28-61)83-21-13-11-19-77(83)79-51-39-71(57-85(79)89)93(67-15-7-5-8-16-67)69-41-53-87-81(55-69)82-56-70(42-54-88(82)97-87)94(68-17-9-6-10-18-68)72-40-52-80-78-20-12-14-22-84(78)90(86(80)58-72,62-29-37-66(92)38-30-62)64-33-49-76(50-34-64)96-74-45-25-60(4-2)26-46-74/h3-58H,1-2H2. The third-order valence-electron chi connectivity index (χ3n) is 19.4. The van der Waals surface area contributed by atoms with Gasteiger partial charge in [0.2, 0.25) is 0 Å². The molecule has 2 atom stereocenters. The number of anilines is 6. The fourth-order valence-electron chi connectivity index (χ4n) is 15.0. The highest BCUT2D eigenvalue weighted by atomic mass is 19.1. The van der Waals surface area contributed by atoms with Crippen LogP contribution in [0.3, 0.4) is 0 Å². The van der Waals surface area contributed by atoms with Crippen LogP contribution in [0, 0.1) is 11.6 Å². The molecule has 0 amide bonds. The highest BCUT2D eigenvalue weighted by Gasteiger charge is 2.48. The lowest BCUT2D eigenvalue weighted by atomic mass is 9.67. The van der Waals surface area contributed by atoms with Gasteiger partial charge in [0.15, 0.2) is 0 Å². The minimum absolute atomic E-state index is 0.306. The van der Waals surface area contributed by atoms with E-state index in [2.05, 4.69) is 217 Å². The molecule has 462 valence electrons. The first-order valence-corrected chi connectivity index (χ1v) is 32.4. The van der Waals surface area contributed by atoms with Crippen LogP contribution in [0.5, 0.6) is 23.0 Å². The van der Waals surface area contributed by atoms with Crippen molar-refractivity contribution in [2.45, 2.75) is 10.8 Å². The highest BCUT2D eigenvalue weighted by molar-refractivity contribution is 6.08. The summed E-state index contributed by atoms with van der Waals surface area (Å²) >= 11 is 0. The van der Waals surface area contributed by atoms with Crippen LogP contribution in [-0.4, -0.2) is 0 Å². The summed E-state index contributed by atoms with van der Waals surface area (Å²) in [6.07, 6.45) is 3.63. The molecular formula is C90H60F2N2O3. The molecule has 5 nitrogen and oxygen atoms in total. The van der Waals surface area contributed by atoms with Crippen molar-refractivity contribution in [2.24, 2.45) is 0 Å². The fraction of sp³-hybridized carbons (Fsp3) is 0.0222. The van der Waals surface area contributed by atoms with E-state index in [1.54, 1.807) is 24.3 Å². The zero-order chi connectivity index (χ0) is 65.2. The summed E-state index contributed by atoms with van der Waals surface area (Å²) in [5.41, 5.74) is 20.0. The Bertz CT molecular complexity index is 5160. The predicted octanol–water partition coefficient (Wildman–Crippen LogP) is 24.4. The van der Waals surface area contributed by atoms with Gasteiger partial charge < -0.3 is 23.7 Å². The number of halogens is 2. The van der Waals surface area contributed by atoms with Gasteiger partial charge in [0, 0.05) is 44.9 Å². The number of nitrogens with zero attached hydrogens (tertiary/aromatic N) is 2. The summed E-state index contributed by atoms with van der Waals surface area (Å²) in [4.78, 5) is 4.62. The molecule has 0 saturated heterocycles. The first-order valence-electron chi connectivity index (χ1n) is 32.4. The molecule has 2 unspecified atom stereocenters. The summed E-state index contributed by atoms with van der Waals surface area (Å²) in [5.74, 6) is 2.21. The Labute approximate surface area is 561 Å². The van der Waals surface area contributed by atoms with Gasteiger partial charge in [-0.25, -0.2) is 8.78 Å². The maximum Gasteiger partial charge on any atom is 0.135 e. The van der Waals surface area contributed by atoms with Crippen molar-refractivity contribution < 1.29 is 22.7 Å². The second kappa shape index (κ2) is 23.8. The van der Waals surface area contributed by atoms with Gasteiger partial charge in [0.05, 0.1) is 10.8 Å². The second-order valence-corrected chi connectivity index (χ2v) is 24.7. The topological polar surface area (TPSA) is 38.1 Å². The molecule has 14 aromatic carbocycles. The van der Waals surface area contributed by atoms with Crippen molar-refractivity contribution in [1.29, 1.82) is 0 Å². The smallest absolute Gasteiger partial charge is 0.135 e. The van der Waals surface area contributed by atoms with Gasteiger partial charge in [-0.1, -0.05) is 195 Å². The normalized spacial score (nSPS) is 14.9. The van der Waals surface area contributed by atoms with Gasteiger partial charge in [-0.2, -0.15) is 0 Å². The van der Waals surface area contributed by atoms with Crippen LogP contribution in [0.1, 0.15) is 55.6 Å². The second-order valence-electron chi connectivity index (χ2n) is 24.7. The van der Waals surface area contributed by atoms with Crippen molar-refractivity contribution >= 4 is 68.2 Å². The number of ether oxygens (including phenoxy) is 2. The number of para-hydroxylation sites is 2. The first-order chi connectivity index (χ1) is 47.7. The van der Waals surface area contributed by atoms with Crippen LogP contribution < -0.4 is 19.3 Å². The molecule has 2 aliphatic carbocycles. The van der Waals surface area contributed by atoms with Crippen LogP contribution >= 0.6 is 0 Å². The highest BCUT2D eigenvalue weighted by Crippen LogP contribution is 2.60. The molecule has 97 heavy (non-hydrogen) atoms. The molecule has 7 heteroatoms. The molecule has 0 spiro atoms. The van der Waals surface area contributed by atoms with E-state index in [9.17, 15) is 0 Å². The van der Waals surface area contributed by atoms with Gasteiger partial charge in [-0.15, -0.1) is 0 Å². The van der Waals surface area contributed by atoms with Gasteiger partial charge in [0.1, 0.15) is 45.8 Å². The number of benzene rings is 14. The minimum atomic E-state index is -0.861. The molecule has 0 bridgehead atoms. The van der Waals surface area contributed by atoms with Crippen LogP contribution in [0.25, 0.3) is 56.3 Å². The van der Waals surface area contributed by atoms with Crippen molar-refractivity contribution in [3.8, 4) is 45.3 Å². The molecule has 0 fully saturated rings. The number of fused-ring (bicyclic) bond motifs is 9. The van der Waals surface area contributed by atoms with E-state index in [0.717, 1.165) is 145 Å². The summed E-state index contributed by atoms with van der Waals surface area (Å²) in [6.45, 7) is 7.81. The average molecular weight is 1260 g/mol. The number of rotatable bonds is 16. The Morgan fingerprint density at radius 1 is 0.289 bits per heavy atom. The van der Waals surface area contributed by atoms with Crippen molar-refractivity contribution in [3.63, 3.8) is 0 Å². The molecule has 1 heterocycles. The fourth-order valence-corrected chi connectivity index (χ4v) is 15.0. The maximum absolute atomic E-state index is 15.2. The quantitative estimate of drug-likeness (QED) is 0.0964. The van der Waals surface area contributed by atoms with E-state index >= 15 is 8.78 Å². The van der Waals surface area contributed by atoms with Crippen molar-refractivity contribution in [1.82, 2.24) is 0 Å². The van der Waals surface area contributed by atoms with E-state index < -0.39 is 10.8 Å². The minimum Gasteiger partial charge on any atom is -0.457 e. The molecule has 17 rings (SSSR count). The Balaban J connectivity index is 0.796. The molecule has 0 saturated carbocycles. The van der Waals surface area contributed by atoms with E-state index in [4.69, 9.17) is 13.9 Å². The van der Waals surface area contributed by atoms with E-state index in [-0.39, 0.29) is 11.6 Å². The third-order valence-corrected chi connectivity index (χ3v) is 19.4. The van der Waals surface area contributed by atoms with Crippen LogP contribution in [-0.2, 0) is 10.8 Å². The lowest BCUT2D eigenvalue weighted by molar-refractivity contribution is 0.482. The van der Waals surface area contributed by atoms with Gasteiger partial charge in [0.25, 0.3) is 0 Å². The molecule has 1 aromatic heterocycles. The summed E-state index contributed by atoms with van der Waals surface area (Å²) in [5, 5.41) is 1.88.